The quantitative estimate of drug-likeness (QED) is 0.709. The zero-order chi connectivity index (χ0) is 18.9. The summed E-state index contributed by atoms with van der Waals surface area (Å²) in [5.41, 5.74) is 0.833. The van der Waals surface area contributed by atoms with E-state index in [1.807, 2.05) is 6.92 Å². The molecule has 0 atom stereocenters. The zero-order valence-corrected chi connectivity index (χ0v) is 15.2. The number of aromatic nitrogens is 1. The van der Waals surface area contributed by atoms with Crippen LogP contribution in [-0.4, -0.2) is 37.6 Å². The van der Waals surface area contributed by atoms with Crippen LogP contribution < -0.4 is 20.1 Å². The fourth-order valence-corrected chi connectivity index (χ4v) is 2.25. The van der Waals surface area contributed by atoms with Gasteiger partial charge in [-0.15, -0.1) is 0 Å². The van der Waals surface area contributed by atoms with Gasteiger partial charge in [-0.05, 0) is 30.7 Å². The molecule has 2 rings (SSSR count). The van der Waals surface area contributed by atoms with E-state index >= 15 is 0 Å². The minimum Gasteiger partial charge on any atom is -0.497 e. The van der Waals surface area contributed by atoms with Crippen molar-refractivity contribution in [3.05, 3.63) is 47.8 Å². The highest BCUT2D eigenvalue weighted by molar-refractivity contribution is 6.04. The van der Waals surface area contributed by atoms with Crippen molar-refractivity contribution in [2.45, 2.75) is 19.8 Å². The first-order valence-corrected chi connectivity index (χ1v) is 8.37. The summed E-state index contributed by atoms with van der Waals surface area (Å²) in [4.78, 5) is 28.7. The first kappa shape index (κ1) is 19.2. The van der Waals surface area contributed by atoms with E-state index in [2.05, 4.69) is 15.6 Å². The molecule has 2 aromatic rings. The van der Waals surface area contributed by atoms with E-state index in [4.69, 9.17) is 9.47 Å². The minimum absolute atomic E-state index is 0.144. The molecule has 1 heterocycles. The van der Waals surface area contributed by atoms with Crippen LogP contribution in [0, 0.1) is 0 Å². The van der Waals surface area contributed by atoms with Crippen LogP contribution in [0.15, 0.2) is 36.4 Å². The Morgan fingerprint density at radius 3 is 2.42 bits per heavy atom. The van der Waals surface area contributed by atoms with Gasteiger partial charge in [0.05, 0.1) is 19.9 Å². The first-order valence-electron chi connectivity index (χ1n) is 8.37. The maximum atomic E-state index is 12.5. The second-order valence-electron chi connectivity index (χ2n) is 5.54. The average Bonchev–Trinajstić information content (AvgIpc) is 2.68. The van der Waals surface area contributed by atoms with E-state index in [9.17, 15) is 9.59 Å². The summed E-state index contributed by atoms with van der Waals surface area (Å²) in [7, 11) is 3.05. The Labute approximate surface area is 152 Å². The average molecular weight is 357 g/mol. The SMILES string of the molecule is CCCCNC(=O)c1cccc(C(=O)Nc2ccc(OC)cc2OC)n1. The molecule has 0 aliphatic carbocycles. The normalized spacial score (nSPS) is 10.1. The lowest BCUT2D eigenvalue weighted by Gasteiger charge is -2.11. The number of carbonyl (C=O) groups is 2. The van der Waals surface area contributed by atoms with Gasteiger partial charge >= 0.3 is 0 Å². The Balaban J connectivity index is 2.13. The van der Waals surface area contributed by atoms with Crippen LogP contribution >= 0.6 is 0 Å². The van der Waals surface area contributed by atoms with Gasteiger partial charge < -0.3 is 20.1 Å². The van der Waals surface area contributed by atoms with E-state index in [-0.39, 0.29) is 17.3 Å². The number of hydrogen-bond donors (Lipinski definition) is 2. The number of carbonyl (C=O) groups excluding carboxylic acids is 2. The van der Waals surface area contributed by atoms with Crippen LogP contribution in [0.1, 0.15) is 40.7 Å². The largest absolute Gasteiger partial charge is 0.497 e. The Hall–Kier alpha value is -3.09. The van der Waals surface area contributed by atoms with Gasteiger partial charge in [0.25, 0.3) is 11.8 Å². The molecule has 2 N–H and O–H groups in total. The van der Waals surface area contributed by atoms with E-state index in [1.54, 1.807) is 43.5 Å². The van der Waals surface area contributed by atoms with Crippen LogP contribution in [0.4, 0.5) is 5.69 Å². The second kappa shape index (κ2) is 9.41. The summed E-state index contributed by atoms with van der Waals surface area (Å²) in [6, 6.07) is 9.81. The van der Waals surface area contributed by atoms with Crippen molar-refractivity contribution in [2.75, 3.05) is 26.1 Å². The molecule has 2 amide bonds. The van der Waals surface area contributed by atoms with E-state index in [1.165, 1.54) is 7.11 Å². The highest BCUT2D eigenvalue weighted by atomic mass is 16.5. The number of methoxy groups -OCH3 is 2. The van der Waals surface area contributed by atoms with Crippen LogP contribution in [0.25, 0.3) is 0 Å². The number of nitrogens with zero attached hydrogens (tertiary/aromatic N) is 1. The van der Waals surface area contributed by atoms with Gasteiger partial charge in [-0.25, -0.2) is 4.98 Å². The number of amides is 2. The summed E-state index contributed by atoms with van der Waals surface area (Å²) < 4.78 is 10.4. The number of unbranched alkanes of at least 4 members (excludes halogenated alkanes) is 1. The Bertz CT molecular complexity index is 777. The number of ether oxygens (including phenoxy) is 2. The van der Waals surface area contributed by atoms with E-state index in [0.717, 1.165) is 12.8 Å². The molecule has 0 saturated carbocycles. The smallest absolute Gasteiger partial charge is 0.274 e. The van der Waals surface area contributed by atoms with Crippen molar-refractivity contribution in [1.29, 1.82) is 0 Å². The lowest BCUT2D eigenvalue weighted by Crippen LogP contribution is -2.26. The molecule has 7 nitrogen and oxygen atoms in total. The molecule has 1 aromatic carbocycles. The highest BCUT2D eigenvalue weighted by Gasteiger charge is 2.14. The standard InChI is InChI=1S/C19H23N3O4/c1-4-5-11-20-18(23)15-7-6-8-16(21-15)19(24)22-14-10-9-13(25-2)12-17(14)26-3/h6-10,12H,4-5,11H2,1-3H3,(H,20,23)(H,22,24). The van der Waals surface area contributed by atoms with Crippen molar-refractivity contribution in [3.8, 4) is 11.5 Å². The molecule has 0 radical (unpaired) electrons. The summed E-state index contributed by atoms with van der Waals surface area (Å²) in [5.74, 6) is 0.349. The van der Waals surface area contributed by atoms with Gasteiger partial charge in [-0.1, -0.05) is 19.4 Å². The molecule has 26 heavy (non-hydrogen) atoms. The maximum absolute atomic E-state index is 12.5. The van der Waals surface area contributed by atoms with Crippen LogP contribution in [0.3, 0.4) is 0 Å². The third-order valence-corrected chi connectivity index (χ3v) is 3.69. The predicted octanol–water partition coefficient (Wildman–Crippen LogP) is 2.88. The van der Waals surface area contributed by atoms with Crippen LogP contribution in [0.2, 0.25) is 0 Å². The van der Waals surface area contributed by atoms with Crippen molar-refractivity contribution in [1.82, 2.24) is 10.3 Å². The van der Waals surface area contributed by atoms with Gasteiger partial charge in [-0.3, -0.25) is 9.59 Å². The van der Waals surface area contributed by atoms with Crippen LogP contribution in [0.5, 0.6) is 11.5 Å². The number of nitrogens with one attached hydrogen (secondary N) is 2. The third-order valence-electron chi connectivity index (χ3n) is 3.69. The van der Waals surface area contributed by atoms with Gasteiger partial charge in [0.15, 0.2) is 0 Å². The van der Waals surface area contributed by atoms with Crippen molar-refractivity contribution in [3.63, 3.8) is 0 Å². The van der Waals surface area contributed by atoms with E-state index in [0.29, 0.717) is 23.7 Å². The molecule has 0 bridgehead atoms. The minimum atomic E-state index is -0.434. The molecule has 0 fully saturated rings. The van der Waals surface area contributed by atoms with Crippen molar-refractivity contribution in [2.24, 2.45) is 0 Å². The molecule has 138 valence electrons. The topological polar surface area (TPSA) is 89.6 Å². The summed E-state index contributed by atoms with van der Waals surface area (Å²) >= 11 is 0. The predicted molar refractivity (Wildman–Crippen MR) is 99.0 cm³/mol. The lowest BCUT2D eigenvalue weighted by molar-refractivity contribution is 0.0948. The fraction of sp³-hybridized carbons (Fsp3) is 0.316. The molecular weight excluding hydrogens is 334 g/mol. The lowest BCUT2D eigenvalue weighted by atomic mass is 10.2. The van der Waals surface area contributed by atoms with Gasteiger partial charge in [0, 0.05) is 12.6 Å². The van der Waals surface area contributed by atoms with Crippen LogP contribution in [-0.2, 0) is 0 Å². The molecule has 0 saturated heterocycles. The van der Waals surface area contributed by atoms with Crippen molar-refractivity contribution < 1.29 is 19.1 Å². The molecule has 1 aromatic heterocycles. The summed E-state index contributed by atoms with van der Waals surface area (Å²) in [6.07, 6.45) is 1.88. The first-order chi connectivity index (χ1) is 12.6. The molecule has 0 spiro atoms. The third kappa shape index (κ3) is 4.95. The van der Waals surface area contributed by atoms with E-state index < -0.39 is 5.91 Å². The van der Waals surface area contributed by atoms with Gasteiger partial charge in [0.1, 0.15) is 22.9 Å². The second-order valence-corrected chi connectivity index (χ2v) is 5.54. The molecule has 0 aliphatic rings. The number of anilines is 1. The monoisotopic (exact) mass is 357 g/mol. The Morgan fingerprint density at radius 1 is 1.04 bits per heavy atom. The summed E-state index contributed by atoms with van der Waals surface area (Å²) in [5, 5.41) is 5.51. The molecule has 0 unspecified atom stereocenters. The zero-order valence-electron chi connectivity index (χ0n) is 15.2. The molecule has 0 aliphatic heterocycles. The van der Waals surface area contributed by atoms with Gasteiger partial charge in [0.2, 0.25) is 0 Å². The highest BCUT2D eigenvalue weighted by Crippen LogP contribution is 2.29. The maximum Gasteiger partial charge on any atom is 0.274 e. The Kier molecular flexibility index (Phi) is 6.96. The van der Waals surface area contributed by atoms with Gasteiger partial charge in [-0.2, -0.15) is 0 Å². The number of pyridine rings is 1. The number of hydrogen-bond acceptors (Lipinski definition) is 5. The van der Waals surface area contributed by atoms with Crippen molar-refractivity contribution >= 4 is 17.5 Å². The Morgan fingerprint density at radius 2 is 1.77 bits per heavy atom. The molecule has 7 heteroatoms. The number of benzene rings is 1. The summed E-state index contributed by atoms with van der Waals surface area (Å²) in [6.45, 7) is 2.62. The fourth-order valence-electron chi connectivity index (χ4n) is 2.25. The molecular formula is C19H23N3O4. The number of rotatable bonds is 8.